The summed E-state index contributed by atoms with van der Waals surface area (Å²) in [5.41, 5.74) is 1.41. The van der Waals surface area contributed by atoms with Gasteiger partial charge in [0.2, 0.25) is 0 Å². The number of nitrogens with zero attached hydrogens (tertiary/aromatic N) is 2. The second kappa shape index (κ2) is 7.14. The minimum atomic E-state index is -0.549. The van der Waals surface area contributed by atoms with E-state index in [1.165, 1.54) is 24.3 Å². The van der Waals surface area contributed by atoms with Gasteiger partial charge in [-0.15, -0.1) is 0 Å². The first-order chi connectivity index (χ1) is 12.0. The maximum atomic E-state index is 12.1. The second-order valence-corrected chi connectivity index (χ2v) is 5.62. The SMILES string of the molecule is O=C(NCc1cc(-c2ccc(Cl)cc2)on1)c1cccc([N+](=O)[O-])c1. The topological polar surface area (TPSA) is 98.3 Å². The van der Waals surface area contributed by atoms with Crippen molar-refractivity contribution in [2.24, 2.45) is 0 Å². The van der Waals surface area contributed by atoms with Gasteiger partial charge in [-0.05, 0) is 30.3 Å². The van der Waals surface area contributed by atoms with Crippen molar-refractivity contribution in [1.82, 2.24) is 10.5 Å². The average Bonchev–Trinajstić information content (AvgIpc) is 3.09. The molecule has 0 atom stereocenters. The number of hydrogen-bond donors (Lipinski definition) is 1. The third kappa shape index (κ3) is 4.02. The Balaban J connectivity index is 1.66. The van der Waals surface area contributed by atoms with Gasteiger partial charge in [0.25, 0.3) is 11.6 Å². The summed E-state index contributed by atoms with van der Waals surface area (Å²) in [6.07, 6.45) is 0. The van der Waals surface area contributed by atoms with E-state index in [4.69, 9.17) is 16.1 Å². The lowest BCUT2D eigenvalue weighted by Crippen LogP contribution is -2.22. The van der Waals surface area contributed by atoms with Crippen molar-refractivity contribution in [1.29, 1.82) is 0 Å². The minimum absolute atomic E-state index is 0.138. The summed E-state index contributed by atoms with van der Waals surface area (Å²) >= 11 is 5.84. The number of hydrogen-bond acceptors (Lipinski definition) is 5. The molecule has 1 aromatic heterocycles. The van der Waals surface area contributed by atoms with Crippen molar-refractivity contribution in [3.05, 3.63) is 81.0 Å². The molecule has 2 aromatic carbocycles. The van der Waals surface area contributed by atoms with Crippen molar-refractivity contribution < 1.29 is 14.2 Å². The summed E-state index contributed by atoms with van der Waals surface area (Å²) in [4.78, 5) is 22.3. The van der Waals surface area contributed by atoms with Gasteiger partial charge < -0.3 is 9.84 Å². The molecule has 0 aliphatic heterocycles. The summed E-state index contributed by atoms with van der Waals surface area (Å²) in [6, 6.07) is 14.3. The molecule has 0 fully saturated rings. The highest BCUT2D eigenvalue weighted by Gasteiger charge is 2.12. The van der Waals surface area contributed by atoms with Crippen molar-refractivity contribution >= 4 is 23.2 Å². The second-order valence-electron chi connectivity index (χ2n) is 5.18. The molecule has 0 saturated carbocycles. The van der Waals surface area contributed by atoms with Crippen LogP contribution in [0.2, 0.25) is 5.02 Å². The predicted molar refractivity (Wildman–Crippen MR) is 91.2 cm³/mol. The summed E-state index contributed by atoms with van der Waals surface area (Å²) in [7, 11) is 0. The number of rotatable bonds is 5. The number of non-ortho nitro benzene ring substituents is 1. The number of carbonyl (C=O) groups is 1. The summed E-state index contributed by atoms with van der Waals surface area (Å²) in [5.74, 6) is 0.121. The summed E-state index contributed by atoms with van der Waals surface area (Å²) in [5, 5.41) is 17.9. The van der Waals surface area contributed by atoms with E-state index in [2.05, 4.69) is 10.5 Å². The molecule has 0 aliphatic rings. The highest BCUT2D eigenvalue weighted by Crippen LogP contribution is 2.22. The molecule has 3 rings (SSSR count). The molecule has 0 radical (unpaired) electrons. The van der Waals surface area contributed by atoms with Gasteiger partial charge in [-0.2, -0.15) is 0 Å². The predicted octanol–water partition coefficient (Wildman–Crippen LogP) is 3.83. The van der Waals surface area contributed by atoms with Crippen LogP contribution in [0.15, 0.2) is 59.1 Å². The Morgan fingerprint density at radius 3 is 2.68 bits per heavy atom. The molecule has 1 N–H and O–H groups in total. The smallest absolute Gasteiger partial charge is 0.270 e. The van der Waals surface area contributed by atoms with Gasteiger partial charge in [0.05, 0.1) is 11.5 Å². The molecule has 126 valence electrons. The molecule has 7 nitrogen and oxygen atoms in total. The van der Waals surface area contributed by atoms with Gasteiger partial charge in [-0.3, -0.25) is 14.9 Å². The first kappa shape index (κ1) is 16.7. The van der Waals surface area contributed by atoms with Crippen molar-refractivity contribution in [3.8, 4) is 11.3 Å². The normalized spacial score (nSPS) is 10.4. The molecule has 0 saturated heterocycles. The third-order valence-corrected chi connectivity index (χ3v) is 3.69. The van der Waals surface area contributed by atoms with E-state index in [9.17, 15) is 14.9 Å². The lowest BCUT2D eigenvalue weighted by molar-refractivity contribution is -0.384. The van der Waals surface area contributed by atoms with Crippen LogP contribution in [-0.4, -0.2) is 16.0 Å². The zero-order chi connectivity index (χ0) is 17.8. The maximum Gasteiger partial charge on any atom is 0.270 e. The first-order valence-electron chi connectivity index (χ1n) is 7.27. The quantitative estimate of drug-likeness (QED) is 0.552. The molecule has 1 heterocycles. The Kier molecular flexibility index (Phi) is 4.76. The van der Waals surface area contributed by atoms with Crippen LogP contribution in [0.5, 0.6) is 0 Å². The Morgan fingerprint density at radius 1 is 1.20 bits per heavy atom. The number of nitro benzene ring substituents is 1. The van der Waals surface area contributed by atoms with Gasteiger partial charge in [-0.1, -0.05) is 22.8 Å². The molecule has 3 aromatic rings. The third-order valence-electron chi connectivity index (χ3n) is 3.44. The lowest BCUT2D eigenvalue weighted by atomic mass is 10.1. The largest absolute Gasteiger partial charge is 0.356 e. The Bertz CT molecular complexity index is 922. The molecule has 0 aliphatic carbocycles. The van der Waals surface area contributed by atoms with Crippen LogP contribution in [0.25, 0.3) is 11.3 Å². The van der Waals surface area contributed by atoms with Gasteiger partial charge in [0.15, 0.2) is 5.76 Å². The lowest BCUT2D eigenvalue weighted by Gasteiger charge is -2.02. The molecular weight excluding hydrogens is 346 g/mol. The number of aromatic nitrogens is 1. The summed E-state index contributed by atoms with van der Waals surface area (Å²) in [6.45, 7) is 0.138. The zero-order valence-corrected chi connectivity index (χ0v) is 13.6. The number of nitrogens with one attached hydrogen (secondary N) is 1. The number of amides is 1. The fourth-order valence-corrected chi connectivity index (χ4v) is 2.30. The van der Waals surface area contributed by atoms with E-state index in [1.54, 1.807) is 30.3 Å². The van der Waals surface area contributed by atoms with Crippen LogP contribution in [-0.2, 0) is 6.54 Å². The number of benzene rings is 2. The van der Waals surface area contributed by atoms with Gasteiger partial charge in [0, 0.05) is 34.3 Å². The van der Waals surface area contributed by atoms with Crippen LogP contribution >= 0.6 is 11.6 Å². The number of nitro groups is 1. The van der Waals surface area contributed by atoms with E-state index in [1.807, 2.05) is 0 Å². The minimum Gasteiger partial charge on any atom is -0.356 e. The molecular formula is C17H12ClN3O4. The molecule has 0 spiro atoms. The van der Waals surface area contributed by atoms with Crippen LogP contribution in [0.4, 0.5) is 5.69 Å². The standard InChI is InChI=1S/C17H12ClN3O4/c18-13-6-4-11(5-7-13)16-9-14(20-25-16)10-19-17(22)12-2-1-3-15(8-12)21(23)24/h1-9H,10H2,(H,19,22). The van der Waals surface area contributed by atoms with E-state index in [0.717, 1.165) is 5.56 Å². The molecule has 25 heavy (non-hydrogen) atoms. The molecule has 8 heteroatoms. The Hall–Kier alpha value is -3.19. The van der Waals surface area contributed by atoms with E-state index < -0.39 is 10.8 Å². The van der Waals surface area contributed by atoms with E-state index in [-0.39, 0.29) is 17.8 Å². The van der Waals surface area contributed by atoms with Crippen molar-refractivity contribution in [2.75, 3.05) is 0 Å². The van der Waals surface area contributed by atoms with Gasteiger partial charge in [-0.25, -0.2) is 0 Å². The van der Waals surface area contributed by atoms with Crippen LogP contribution < -0.4 is 5.32 Å². The number of halogens is 1. The Morgan fingerprint density at radius 2 is 1.96 bits per heavy atom. The highest BCUT2D eigenvalue weighted by molar-refractivity contribution is 6.30. The molecule has 0 bridgehead atoms. The van der Waals surface area contributed by atoms with Crippen molar-refractivity contribution in [2.45, 2.75) is 6.54 Å². The van der Waals surface area contributed by atoms with E-state index in [0.29, 0.717) is 16.5 Å². The fraction of sp³-hybridized carbons (Fsp3) is 0.0588. The van der Waals surface area contributed by atoms with Crippen LogP contribution in [0, 0.1) is 10.1 Å². The molecule has 1 amide bonds. The van der Waals surface area contributed by atoms with Gasteiger partial charge >= 0.3 is 0 Å². The van der Waals surface area contributed by atoms with E-state index >= 15 is 0 Å². The fourth-order valence-electron chi connectivity index (χ4n) is 2.18. The Labute approximate surface area is 147 Å². The zero-order valence-electron chi connectivity index (χ0n) is 12.8. The van der Waals surface area contributed by atoms with Crippen molar-refractivity contribution in [3.63, 3.8) is 0 Å². The monoisotopic (exact) mass is 357 g/mol. The van der Waals surface area contributed by atoms with Crippen LogP contribution in [0.1, 0.15) is 16.1 Å². The highest BCUT2D eigenvalue weighted by atomic mass is 35.5. The maximum absolute atomic E-state index is 12.1. The first-order valence-corrected chi connectivity index (χ1v) is 7.65. The number of carbonyl (C=O) groups excluding carboxylic acids is 1. The average molecular weight is 358 g/mol. The van der Waals surface area contributed by atoms with Crippen LogP contribution in [0.3, 0.4) is 0 Å². The summed E-state index contributed by atoms with van der Waals surface area (Å²) < 4.78 is 5.25. The molecule has 0 unspecified atom stereocenters. The van der Waals surface area contributed by atoms with Gasteiger partial charge in [0.1, 0.15) is 5.69 Å².